The zero-order chi connectivity index (χ0) is 15.1. The van der Waals surface area contributed by atoms with E-state index in [1.807, 2.05) is 32.8 Å². The van der Waals surface area contributed by atoms with Gasteiger partial charge in [0.15, 0.2) is 0 Å². The van der Waals surface area contributed by atoms with E-state index in [-0.39, 0.29) is 11.3 Å². The highest BCUT2D eigenvalue weighted by molar-refractivity contribution is 7.89. The van der Waals surface area contributed by atoms with E-state index in [0.29, 0.717) is 13.1 Å². The van der Waals surface area contributed by atoms with Crippen molar-refractivity contribution in [3.05, 3.63) is 0 Å². The van der Waals surface area contributed by atoms with Gasteiger partial charge in [-0.15, -0.1) is 0 Å². The molecule has 2 unspecified atom stereocenters. The molecule has 0 saturated carbocycles. The number of hydrogen-bond acceptors (Lipinski definition) is 4. The third-order valence-electron chi connectivity index (χ3n) is 3.13. The molecule has 0 spiro atoms. The molecule has 0 aromatic rings. The first kappa shape index (κ1) is 18.8. The SMILES string of the molecule is CCCNCC(C)S(=O)(=O)N(CC)C(C)CN(C)C. The topological polar surface area (TPSA) is 52.7 Å². The minimum absolute atomic E-state index is 0.00127. The van der Waals surface area contributed by atoms with Crippen LogP contribution >= 0.6 is 0 Å². The number of sulfonamides is 1. The Morgan fingerprint density at radius 2 is 1.74 bits per heavy atom. The molecule has 0 bridgehead atoms. The van der Waals surface area contributed by atoms with Crippen LogP contribution in [0.4, 0.5) is 0 Å². The summed E-state index contributed by atoms with van der Waals surface area (Å²) in [6, 6.07) is -0.00127. The van der Waals surface area contributed by atoms with Gasteiger partial charge in [0.2, 0.25) is 10.0 Å². The zero-order valence-corrected chi connectivity index (χ0v) is 14.1. The number of nitrogens with zero attached hydrogens (tertiary/aromatic N) is 2. The van der Waals surface area contributed by atoms with Crippen molar-refractivity contribution in [1.82, 2.24) is 14.5 Å². The lowest BCUT2D eigenvalue weighted by Crippen LogP contribution is -2.48. The Kier molecular flexibility index (Phi) is 8.81. The molecule has 0 aromatic carbocycles. The van der Waals surface area contributed by atoms with Gasteiger partial charge in [-0.3, -0.25) is 0 Å². The molecule has 5 nitrogen and oxygen atoms in total. The summed E-state index contributed by atoms with van der Waals surface area (Å²) in [6.07, 6.45) is 1.02. The van der Waals surface area contributed by atoms with Crippen molar-refractivity contribution >= 4 is 10.0 Å². The molecule has 0 rings (SSSR count). The Hall–Kier alpha value is -0.170. The largest absolute Gasteiger partial charge is 0.315 e. The monoisotopic (exact) mass is 293 g/mol. The van der Waals surface area contributed by atoms with Crippen molar-refractivity contribution in [2.75, 3.05) is 40.3 Å². The van der Waals surface area contributed by atoms with Gasteiger partial charge in [-0.1, -0.05) is 13.8 Å². The molecule has 0 saturated heterocycles. The molecule has 1 N–H and O–H groups in total. The van der Waals surface area contributed by atoms with Gasteiger partial charge in [-0.05, 0) is 40.9 Å². The predicted octanol–water partition coefficient (Wildman–Crippen LogP) is 0.976. The molecule has 2 atom stereocenters. The van der Waals surface area contributed by atoms with Crippen LogP contribution in [0.1, 0.15) is 34.1 Å². The summed E-state index contributed by atoms with van der Waals surface area (Å²) < 4.78 is 26.7. The molecule has 19 heavy (non-hydrogen) atoms. The maximum Gasteiger partial charge on any atom is 0.218 e. The zero-order valence-electron chi connectivity index (χ0n) is 13.3. The standard InChI is InChI=1S/C13H31N3O2S/c1-7-9-14-10-13(4)19(17,18)16(8-2)12(3)11-15(5)6/h12-14H,7-11H2,1-6H3. The van der Waals surface area contributed by atoms with Crippen LogP contribution in [0.15, 0.2) is 0 Å². The van der Waals surface area contributed by atoms with Crippen LogP contribution in [0, 0.1) is 0 Å². The molecule has 0 aliphatic heterocycles. The van der Waals surface area contributed by atoms with Crippen LogP contribution in [0.3, 0.4) is 0 Å². The maximum atomic E-state index is 12.5. The highest BCUT2D eigenvalue weighted by Gasteiger charge is 2.31. The van der Waals surface area contributed by atoms with E-state index in [1.165, 1.54) is 0 Å². The molecule has 0 aliphatic carbocycles. The van der Waals surface area contributed by atoms with Gasteiger partial charge in [0, 0.05) is 25.7 Å². The number of rotatable bonds is 10. The lowest BCUT2D eigenvalue weighted by Gasteiger charge is -2.31. The van der Waals surface area contributed by atoms with Crippen molar-refractivity contribution in [3.63, 3.8) is 0 Å². The van der Waals surface area contributed by atoms with Crippen molar-refractivity contribution in [2.45, 2.75) is 45.4 Å². The maximum absolute atomic E-state index is 12.5. The average molecular weight is 293 g/mol. The van der Waals surface area contributed by atoms with E-state index in [1.54, 1.807) is 11.2 Å². The van der Waals surface area contributed by atoms with Crippen molar-refractivity contribution in [2.24, 2.45) is 0 Å². The highest BCUT2D eigenvalue weighted by Crippen LogP contribution is 2.13. The summed E-state index contributed by atoms with van der Waals surface area (Å²) in [5, 5.41) is 2.80. The second-order valence-electron chi connectivity index (χ2n) is 5.37. The van der Waals surface area contributed by atoms with Crippen molar-refractivity contribution < 1.29 is 8.42 Å². The summed E-state index contributed by atoms with van der Waals surface area (Å²) in [5.41, 5.74) is 0. The number of hydrogen-bond donors (Lipinski definition) is 1. The smallest absolute Gasteiger partial charge is 0.218 e. The predicted molar refractivity (Wildman–Crippen MR) is 81.9 cm³/mol. The second kappa shape index (κ2) is 8.89. The normalized spacial score (nSPS) is 16.0. The van der Waals surface area contributed by atoms with Crippen LogP contribution in [0.2, 0.25) is 0 Å². The lowest BCUT2D eigenvalue weighted by atomic mass is 10.3. The Labute approximate surface area is 119 Å². The Morgan fingerprint density at radius 3 is 2.16 bits per heavy atom. The molecule has 116 valence electrons. The molecule has 0 amide bonds. The van der Waals surface area contributed by atoms with Crippen LogP contribution in [-0.2, 0) is 10.0 Å². The minimum atomic E-state index is -3.23. The first-order valence-corrected chi connectivity index (χ1v) is 8.63. The van der Waals surface area contributed by atoms with E-state index in [2.05, 4.69) is 12.2 Å². The quantitative estimate of drug-likeness (QED) is 0.610. The highest BCUT2D eigenvalue weighted by atomic mass is 32.2. The number of likely N-dealkylation sites (N-methyl/N-ethyl adjacent to an activating group) is 2. The Balaban J connectivity index is 4.72. The van der Waals surface area contributed by atoms with Crippen LogP contribution < -0.4 is 5.32 Å². The third-order valence-corrected chi connectivity index (χ3v) is 5.58. The van der Waals surface area contributed by atoms with Gasteiger partial charge in [0.25, 0.3) is 0 Å². The van der Waals surface area contributed by atoms with E-state index >= 15 is 0 Å². The fourth-order valence-electron chi connectivity index (χ4n) is 2.18. The molecular formula is C13H31N3O2S. The summed E-state index contributed by atoms with van der Waals surface area (Å²) in [6.45, 7) is 10.4. The Bertz CT molecular complexity index is 331. The van der Waals surface area contributed by atoms with Gasteiger partial charge in [-0.25, -0.2) is 8.42 Å². The summed E-state index contributed by atoms with van der Waals surface area (Å²) in [4.78, 5) is 2.02. The van der Waals surface area contributed by atoms with Crippen LogP contribution in [0.5, 0.6) is 0 Å². The van der Waals surface area contributed by atoms with Gasteiger partial charge < -0.3 is 10.2 Å². The Morgan fingerprint density at radius 1 is 1.16 bits per heavy atom. The third kappa shape index (κ3) is 6.21. The molecular weight excluding hydrogens is 262 g/mol. The first-order valence-electron chi connectivity index (χ1n) is 7.13. The summed E-state index contributed by atoms with van der Waals surface area (Å²) >= 11 is 0. The van der Waals surface area contributed by atoms with E-state index < -0.39 is 10.0 Å². The molecule has 0 aliphatic rings. The number of nitrogens with one attached hydrogen (secondary N) is 1. The van der Waals surface area contributed by atoms with Gasteiger partial charge in [0.05, 0.1) is 5.25 Å². The van der Waals surface area contributed by atoms with Crippen molar-refractivity contribution in [1.29, 1.82) is 0 Å². The van der Waals surface area contributed by atoms with Gasteiger partial charge in [0.1, 0.15) is 0 Å². The molecule has 0 heterocycles. The second-order valence-corrected chi connectivity index (χ2v) is 7.68. The molecule has 6 heteroatoms. The average Bonchev–Trinajstić information content (AvgIpc) is 2.28. The first-order chi connectivity index (χ1) is 8.77. The van der Waals surface area contributed by atoms with Crippen molar-refractivity contribution in [3.8, 4) is 0 Å². The minimum Gasteiger partial charge on any atom is -0.315 e. The fourth-order valence-corrected chi connectivity index (χ4v) is 3.90. The summed E-state index contributed by atoms with van der Waals surface area (Å²) in [5.74, 6) is 0. The molecule has 0 radical (unpaired) electrons. The lowest BCUT2D eigenvalue weighted by molar-refractivity contribution is 0.269. The van der Waals surface area contributed by atoms with Crippen LogP contribution in [0.25, 0.3) is 0 Å². The van der Waals surface area contributed by atoms with E-state index in [4.69, 9.17) is 0 Å². The van der Waals surface area contributed by atoms with Gasteiger partial charge >= 0.3 is 0 Å². The van der Waals surface area contributed by atoms with Crippen LogP contribution in [-0.4, -0.2) is 69.2 Å². The summed E-state index contributed by atoms with van der Waals surface area (Å²) in [7, 11) is 0.691. The molecule has 0 aromatic heterocycles. The van der Waals surface area contributed by atoms with E-state index in [9.17, 15) is 8.42 Å². The van der Waals surface area contributed by atoms with Gasteiger partial charge in [-0.2, -0.15) is 4.31 Å². The fraction of sp³-hybridized carbons (Fsp3) is 1.00. The molecule has 0 fully saturated rings. The van der Waals surface area contributed by atoms with E-state index in [0.717, 1.165) is 19.5 Å².